The third-order valence-electron chi connectivity index (χ3n) is 3.57. The number of rotatable bonds is 7. The van der Waals surface area contributed by atoms with Gasteiger partial charge in [-0.1, -0.05) is 47.1 Å². The number of hydrogen-bond acceptors (Lipinski definition) is 4. The van der Waals surface area contributed by atoms with Crippen molar-refractivity contribution in [2.24, 2.45) is 0 Å². The molecule has 0 bridgehead atoms. The Hall–Kier alpha value is -1.69. The summed E-state index contributed by atoms with van der Waals surface area (Å²) in [5.41, 5.74) is 1.19. The van der Waals surface area contributed by atoms with Crippen molar-refractivity contribution < 1.29 is 4.74 Å². The Morgan fingerprint density at radius 2 is 1.60 bits per heavy atom. The topological polar surface area (TPSA) is 39.9 Å². The molecular weight excluding hydrogens is 377 g/mol. The highest BCUT2D eigenvalue weighted by Crippen LogP contribution is 2.23. The van der Waals surface area contributed by atoms with Gasteiger partial charge in [0.05, 0.1) is 0 Å². The zero-order chi connectivity index (χ0) is 17.6. The summed E-state index contributed by atoms with van der Waals surface area (Å²) in [4.78, 5) is 0. The van der Waals surface area contributed by atoms with Crippen LogP contribution in [-0.2, 0) is 18.9 Å². The van der Waals surface area contributed by atoms with Crippen LogP contribution >= 0.6 is 35.0 Å². The van der Waals surface area contributed by atoms with Gasteiger partial charge < -0.3 is 9.30 Å². The second-order valence-corrected chi connectivity index (χ2v) is 7.12. The summed E-state index contributed by atoms with van der Waals surface area (Å²) < 4.78 is 7.84. The van der Waals surface area contributed by atoms with Gasteiger partial charge in [0.1, 0.15) is 12.4 Å². The first kappa shape index (κ1) is 18.1. The Morgan fingerprint density at radius 1 is 0.960 bits per heavy atom. The zero-order valence-corrected chi connectivity index (χ0v) is 16.0. The molecule has 0 N–H and O–H groups in total. The quantitative estimate of drug-likeness (QED) is 0.498. The molecule has 0 saturated carbocycles. The van der Waals surface area contributed by atoms with Crippen LogP contribution in [0.3, 0.4) is 0 Å². The molecule has 25 heavy (non-hydrogen) atoms. The standard InChI is InChI=1S/C18H17Cl2N3OS/c1-2-23-17(11-24-16-9-7-15(20)8-10-16)21-22-18(23)25-12-13-3-5-14(19)6-4-13/h3-10H,2,11-12H2,1H3. The van der Waals surface area contributed by atoms with Gasteiger partial charge >= 0.3 is 0 Å². The van der Waals surface area contributed by atoms with Crippen LogP contribution in [0, 0.1) is 0 Å². The highest BCUT2D eigenvalue weighted by molar-refractivity contribution is 7.98. The fraction of sp³-hybridized carbons (Fsp3) is 0.222. The number of nitrogens with zero attached hydrogens (tertiary/aromatic N) is 3. The number of hydrogen-bond donors (Lipinski definition) is 0. The van der Waals surface area contributed by atoms with Crippen molar-refractivity contribution in [2.45, 2.75) is 31.0 Å². The highest BCUT2D eigenvalue weighted by atomic mass is 35.5. The van der Waals surface area contributed by atoms with Crippen molar-refractivity contribution >= 4 is 35.0 Å². The minimum Gasteiger partial charge on any atom is -0.486 e. The molecule has 0 aliphatic rings. The average molecular weight is 394 g/mol. The van der Waals surface area contributed by atoms with Gasteiger partial charge in [0.2, 0.25) is 0 Å². The van der Waals surface area contributed by atoms with E-state index in [2.05, 4.69) is 21.7 Å². The van der Waals surface area contributed by atoms with Crippen molar-refractivity contribution in [1.82, 2.24) is 14.8 Å². The van der Waals surface area contributed by atoms with Gasteiger partial charge in [-0.25, -0.2) is 0 Å². The highest BCUT2D eigenvalue weighted by Gasteiger charge is 2.12. The Bertz CT molecular complexity index is 752. The van der Waals surface area contributed by atoms with Crippen molar-refractivity contribution in [3.05, 3.63) is 70.0 Å². The second-order valence-electron chi connectivity index (χ2n) is 5.30. The molecule has 130 valence electrons. The molecule has 0 radical (unpaired) electrons. The van der Waals surface area contributed by atoms with Crippen LogP contribution in [0.4, 0.5) is 0 Å². The maximum atomic E-state index is 5.92. The van der Waals surface area contributed by atoms with E-state index in [0.29, 0.717) is 11.6 Å². The van der Waals surface area contributed by atoms with E-state index in [4.69, 9.17) is 27.9 Å². The molecule has 0 aliphatic carbocycles. The Morgan fingerprint density at radius 3 is 2.24 bits per heavy atom. The molecule has 7 heteroatoms. The van der Waals surface area contributed by atoms with E-state index in [-0.39, 0.29) is 0 Å². The minimum absolute atomic E-state index is 0.365. The Kier molecular flexibility index (Phi) is 6.24. The molecule has 3 aromatic rings. The predicted octanol–water partition coefficient (Wildman–Crippen LogP) is 5.48. The van der Waals surface area contributed by atoms with Crippen LogP contribution in [0.1, 0.15) is 18.3 Å². The number of halogens is 2. The van der Waals surface area contributed by atoms with E-state index in [9.17, 15) is 0 Å². The maximum absolute atomic E-state index is 5.92. The first-order valence-corrected chi connectivity index (χ1v) is 9.57. The number of ether oxygens (including phenoxy) is 1. The Balaban J connectivity index is 1.63. The van der Waals surface area contributed by atoms with Gasteiger partial charge in [0.15, 0.2) is 11.0 Å². The predicted molar refractivity (Wildman–Crippen MR) is 102 cm³/mol. The maximum Gasteiger partial charge on any atom is 0.191 e. The summed E-state index contributed by atoms with van der Waals surface area (Å²) in [5.74, 6) is 2.37. The lowest BCUT2D eigenvalue weighted by Crippen LogP contribution is -2.07. The average Bonchev–Trinajstić information content (AvgIpc) is 3.02. The van der Waals surface area contributed by atoms with Crippen molar-refractivity contribution in [2.75, 3.05) is 0 Å². The van der Waals surface area contributed by atoms with Gasteiger partial charge in [-0.2, -0.15) is 0 Å². The molecule has 4 nitrogen and oxygen atoms in total. The van der Waals surface area contributed by atoms with Crippen LogP contribution in [0.25, 0.3) is 0 Å². The van der Waals surface area contributed by atoms with Crippen LogP contribution in [-0.4, -0.2) is 14.8 Å². The molecule has 0 fully saturated rings. The summed E-state index contributed by atoms with van der Waals surface area (Å²) in [6.07, 6.45) is 0. The monoisotopic (exact) mass is 393 g/mol. The zero-order valence-electron chi connectivity index (χ0n) is 13.7. The number of aromatic nitrogens is 3. The summed E-state index contributed by atoms with van der Waals surface area (Å²) in [7, 11) is 0. The molecule has 0 unspecified atom stereocenters. The van der Waals surface area contributed by atoms with Crippen LogP contribution in [0.5, 0.6) is 5.75 Å². The van der Waals surface area contributed by atoms with Gasteiger partial charge in [0.25, 0.3) is 0 Å². The normalized spacial score (nSPS) is 10.8. The van der Waals surface area contributed by atoms with Crippen molar-refractivity contribution in [1.29, 1.82) is 0 Å². The van der Waals surface area contributed by atoms with Crippen LogP contribution in [0.15, 0.2) is 53.7 Å². The van der Waals surface area contributed by atoms with Gasteiger partial charge in [-0.05, 0) is 48.9 Å². The summed E-state index contributed by atoms with van der Waals surface area (Å²) in [6.45, 7) is 3.22. The van der Waals surface area contributed by atoms with Crippen molar-refractivity contribution in [3.63, 3.8) is 0 Å². The van der Waals surface area contributed by atoms with E-state index >= 15 is 0 Å². The molecule has 1 aromatic heterocycles. The van der Waals surface area contributed by atoms with Gasteiger partial charge in [0, 0.05) is 22.3 Å². The molecule has 1 heterocycles. The van der Waals surface area contributed by atoms with E-state index in [1.807, 2.05) is 36.4 Å². The van der Waals surface area contributed by atoms with Gasteiger partial charge in [-0.3, -0.25) is 0 Å². The fourth-order valence-corrected chi connectivity index (χ4v) is 3.49. The first-order chi connectivity index (χ1) is 12.2. The molecular formula is C18H17Cl2N3OS. The summed E-state index contributed by atoms with van der Waals surface area (Å²) in [6, 6.07) is 15.1. The molecule has 3 rings (SSSR count). The summed E-state index contributed by atoms with van der Waals surface area (Å²) >= 11 is 13.4. The first-order valence-electron chi connectivity index (χ1n) is 7.83. The van der Waals surface area contributed by atoms with Gasteiger partial charge in [-0.15, -0.1) is 10.2 Å². The molecule has 0 saturated heterocycles. The number of thioether (sulfide) groups is 1. The SMILES string of the molecule is CCn1c(COc2ccc(Cl)cc2)nnc1SCc1ccc(Cl)cc1. The minimum atomic E-state index is 0.365. The smallest absolute Gasteiger partial charge is 0.191 e. The van der Waals surface area contributed by atoms with Crippen molar-refractivity contribution in [3.8, 4) is 5.75 Å². The van der Waals surface area contributed by atoms with Crippen LogP contribution < -0.4 is 4.74 Å². The molecule has 0 aliphatic heterocycles. The van der Waals surface area contributed by atoms with E-state index < -0.39 is 0 Å². The van der Waals surface area contributed by atoms with E-state index in [1.165, 1.54) is 5.56 Å². The molecule has 0 amide bonds. The largest absolute Gasteiger partial charge is 0.486 e. The fourth-order valence-electron chi connectivity index (χ4n) is 2.26. The summed E-state index contributed by atoms with van der Waals surface area (Å²) in [5, 5.41) is 10.9. The number of benzene rings is 2. The van der Waals surface area contributed by atoms with E-state index in [0.717, 1.165) is 34.1 Å². The van der Waals surface area contributed by atoms with E-state index in [1.54, 1.807) is 23.9 Å². The lowest BCUT2D eigenvalue weighted by Gasteiger charge is -2.09. The molecule has 0 spiro atoms. The lowest BCUT2D eigenvalue weighted by atomic mass is 10.2. The molecule has 0 atom stereocenters. The third-order valence-corrected chi connectivity index (χ3v) is 5.11. The molecule has 2 aromatic carbocycles. The third kappa shape index (κ3) is 4.91. The Labute approximate surface area is 161 Å². The second kappa shape index (κ2) is 8.61. The van der Waals surface area contributed by atoms with Crippen LogP contribution in [0.2, 0.25) is 10.0 Å². The lowest BCUT2D eigenvalue weighted by molar-refractivity contribution is 0.288.